The van der Waals surface area contributed by atoms with Gasteiger partial charge in [0, 0.05) is 45.1 Å². The van der Waals surface area contributed by atoms with Gasteiger partial charge in [-0.3, -0.25) is 0 Å². The van der Waals surface area contributed by atoms with E-state index in [4.69, 9.17) is 0 Å². The molecule has 1 atom stereocenters. The van der Waals surface area contributed by atoms with E-state index in [9.17, 15) is 0 Å². The molecular weight excluding hydrogens is 174 g/mol. The Morgan fingerprint density at radius 3 is 2.86 bits per heavy atom. The third-order valence-electron chi connectivity index (χ3n) is 2.93. The minimum atomic E-state index is 0.638. The van der Waals surface area contributed by atoms with Crippen molar-refractivity contribution in [1.29, 1.82) is 0 Å². The van der Waals surface area contributed by atoms with Crippen LogP contribution in [0.4, 0.5) is 0 Å². The Hall–Kier alpha value is -0.800. The van der Waals surface area contributed by atoms with E-state index in [1.807, 2.05) is 6.20 Å². The van der Waals surface area contributed by atoms with E-state index in [1.165, 1.54) is 25.2 Å². The molecule has 0 bridgehead atoms. The molecule has 0 amide bonds. The number of hydrogen-bond donors (Lipinski definition) is 2. The minimum absolute atomic E-state index is 0.638. The Labute approximate surface area is 85.5 Å². The summed E-state index contributed by atoms with van der Waals surface area (Å²) >= 11 is 0. The van der Waals surface area contributed by atoms with Gasteiger partial charge in [0.25, 0.3) is 0 Å². The van der Waals surface area contributed by atoms with Gasteiger partial charge in [-0.25, -0.2) is 0 Å². The number of piperazine rings is 1. The highest BCUT2D eigenvalue weighted by Crippen LogP contribution is 2.15. The molecule has 1 aliphatic rings. The van der Waals surface area contributed by atoms with Gasteiger partial charge < -0.3 is 15.2 Å². The average Bonchev–Trinajstić information content (AvgIpc) is 2.72. The van der Waals surface area contributed by atoms with Gasteiger partial charge in [0.15, 0.2) is 0 Å². The number of aromatic nitrogens is 1. The van der Waals surface area contributed by atoms with Crippen molar-refractivity contribution in [2.75, 3.05) is 32.7 Å². The van der Waals surface area contributed by atoms with E-state index >= 15 is 0 Å². The van der Waals surface area contributed by atoms with Crippen molar-refractivity contribution in [1.82, 2.24) is 15.2 Å². The minimum Gasteiger partial charge on any atom is -0.367 e. The highest BCUT2D eigenvalue weighted by Gasteiger charge is 2.14. The molecule has 0 saturated carbocycles. The first-order valence-electron chi connectivity index (χ1n) is 5.42. The molecule has 2 rings (SSSR count). The summed E-state index contributed by atoms with van der Waals surface area (Å²) in [4.78, 5) is 5.65. The molecule has 1 unspecified atom stereocenters. The zero-order valence-corrected chi connectivity index (χ0v) is 8.79. The Bertz CT molecular complexity index is 250. The monoisotopic (exact) mass is 193 g/mol. The molecule has 78 valence electrons. The summed E-state index contributed by atoms with van der Waals surface area (Å²) in [7, 11) is 0. The largest absolute Gasteiger partial charge is 0.367 e. The summed E-state index contributed by atoms with van der Waals surface area (Å²) in [5.74, 6) is 0.638. The van der Waals surface area contributed by atoms with Crippen molar-refractivity contribution in [2.24, 2.45) is 0 Å². The van der Waals surface area contributed by atoms with Gasteiger partial charge in [-0.15, -0.1) is 0 Å². The standard InChI is InChI=1S/C11H19N3/c1-10(11-2-3-13-8-11)9-14-6-4-12-5-7-14/h2-3,8,10,12-13H,4-7,9H2,1H3. The van der Waals surface area contributed by atoms with Crippen LogP contribution < -0.4 is 5.32 Å². The van der Waals surface area contributed by atoms with Gasteiger partial charge in [0.2, 0.25) is 0 Å². The number of rotatable bonds is 3. The van der Waals surface area contributed by atoms with Gasteiger partial charge in [-0.2, -0.15) is 0 Å². The topological polar surface area (TPSA) is 31.1 Å². The highest BCUT2D eigenvalue weighted by molar-refractivity contribution is 5.14. The maximum atomic E-state index is 3.37. The maximum Gasteiger partial charge on any atom is 0.0108 e. The summed E-state index contributed by atoms with van der Waals surface area (Å²) in [6, 6.07) is 2.17. The fourth-order valence-corrected chi connectivity index (χ4v) is 2.03. The second kappa shape index (κ2) is 4.62. The van der Waals surface area contributed by atoms with Crippen LogP contribution in [0.15, 0.2) is 18.5 Å². The van der Waals surface area contributed by atoms with Crippen molar-refractivity contribution >= 4 is 0 Å². The van der Waals surface area contributed by atoms with Crippen LogP contribution in [-0.2, 0) is 0 Å². The van der Waals surface area contributed by atoms with E-state index in [0.29, 0.717) is 5.92 Å². The lowest BCUT2D eigenvalue weighted by Crippen LogP contribution is -2.44. The fraction of sp³-hybridized carbons (Fsp3) is 0.636. The molecule has 2 N–H and O–H groups in total. The first kappa shape index (κ1) is 9.74. The molecule has 1 fully saturated rings. The van der Waals surface area contributed by atoms with Crippen LogP contribution in [0.3, 0.4) is 0 Å². The number of nitrogens with zero attached hydrogens (tertiary/aromatic N) is 1. The van der Waals surface area contributed by atoms with Gasteiger partial charge in [0.1, 0.15) is 0 Å². The molecule has 0 spiro atoms. The smallest absolute Gasteiger partial charge is 0.0108 e. The second-order valence-electron chi connectivity index (χ2n) is 4.10. The molecule has 1 aromatic rings. The van der Waals surface area contributed by atoms with E-state index in [1.54, 1.807) is 0 Å². The van der Waals surface area contributed by atoms with Gasteiger partial charge in [-0.1, -0.05) is 6.92 Å². The molecule has 0 aromatic carbocycles. The number of hydrogen-bond acceptors (Lipinski definition) is 2. The molecule has 14 heavy (non-hydrogen) atoms. The molecule has 0 radical (unpaired) electrons. The highest BCUT2D eigenvalue weighted by atomic mass is 15.2. The van der Waals surface area contributed by atoms with E-state index in [0.717, 1.165) is 13.1 Å². The number of nitrogens with one attached hydrogen (secondary N) is 2. The van der Waals surface area contributed by atoms with Crippen molar-refractivity contribution in [3.63, 3.8) is 0 Å². The van der Waals surface area contributed by atoms with Crippen LogP contribution in [-0.4, -0.2) is 42.6 Å². The SMILES string of the molecule is CC(CN1CCNCC1)c1cc[nH]c1. The first-order chi connectivity index (χ1) is 6.86. The van der Waals surface area contributed by atoms with Crippen molar-refractivity contribution in [3.05, 3.63) is 24.0 Å². The summed E-state index contributed by atoms with van der Waals surface area (Å²) in [5.41, 5.74) is 1.42. The third kappa shape index (κ3) is 2.36. The summed E-state index contributed by atoms with van der Waals surface area (Å²) in [6.45, 7) is 8.13. The van der Waals surface area contributed by atoms with Crippen LogP contribution in [0.5, 0.6) is 0 Å². The third-order valence-corrected chi connectivity index (χ3v) is 2.93. The lowest BCUT2D eigenvalue weighted by molar-refractivity contribution is 0.230. The Morgan fingerprint density at radius 1 is 1.43 bits per heavy atom. The van der Waals surface area contributed by atoms with Crippen molar-refractivity contribution in [2.45, 2.75) is 12.8 Å². The number of aromatic amines is 1. The Kier molecular flexibility index (Phi) is 3.22. The van der Waals surface area contributed by atoms with Crippen molar-refractivity contribution < 1.29 is 0 Å². The lowest BCUT2D eigenvalue weighted by Gasteiger charge is -2.29. The lowest BCUT2D eigenvalue weighted by atomic mass is 10.0. The van der Waals surface area contributed by atoms with E-state index < -0.39 is 0 Å². The molecule has 1 aliphatic heterocycles. The summed E-state index contributed by atoms with van der Waals surface area (Å²) in [5, 5.41) is 3.37. The number of H-pyrrole nitrogens is 1. The molecular formula is C11H19N3. The molecule has 2 heterocycles. The molecule has 1 aromatic heterocycles. The fourth-order valence-electron chi connectivity index (χ4n) is 2.03. The van der Waals surface area contributed by atoms with Crippen LogP contribution in [0.2, 0.25) is 0 Å². The predicted octanol–water partition coefficient (Wildman–Crippen LogP) is 1.02. The van der Waals surface area contributed by atoms with E-state index in [2.05, 4.69) is 34.4 Å². The van der Waals surface area contributed by atoms with E-state index in [-0.39, 0.29) is 0 Å². The van der Waals surface area contributed by atoms with Gasteiger partial charge >= 0.3 is 0 Å². The zero-order chi connectivity index (χ0) is 9.80. The maximum absolute atomic E-state index is 3.37. The van der Waals surface area contributed by atoms with Crippen LogP contribution in [0.1, 0.15) is 18.4 Å². The molecule has 3 heteroatoms. The molecule has 3 nitrogen and oxygen atoms in total. The van der Waals surface area contributed by atoms with Crippen LogP contribution >= 0.6 is 0 Å². The molecule has 1 saturated heterocycles. The second-order valence-corrected chi connectivity index (χ2v) is 4.10. The van der Waals surface area contributed by atoms with Crippen LogP contribution in [0.25, 0.3) is 0 Å². The normalized spacial score (nSPS) is 20.9. The summed E-state index contributed by atoms with van der Waals surface area (Å²) in [6.07, 6.45) is 4.11. The van der Waals surface area contributed by atoms with Crippen molar-refractivity contribution in [3.8, 4) is 0 Å². The average molecular weight is 193 g/mol. The van der Waals surface area contributed by atoms with Crippen LogP contribution in [0, 0.1) is 0 Å². The quantitative estimate of drug-likeness (QED) is 0.751. The summed E-state index contributed by atoms with van der Waals surface area (Å²) < 4.78 is 0. The zero-order valence-electron chi connectivity index (χ0n) is 8.79. The van der Waals surface area contributed by atoms with Gasteiger partial charge in [-0.05, 0) is 17.5 Å². The van der Waals surface area contributed by atoms with Gasteiger partial charge in [0.05, 0.1) is 0 Å². The Balaban J connectivity index is 1.84. The Morgan fingerprint density at radius 2 is 2.21 bits per heavy atom. The molecule has 0 aliphatic carbocycles. The first-order valence-corrected chi connectivity index (χ1v) is 5.42. The predicted molar refractivity (Wildman–Crippen MR) is 58.5 cm³/mol.